The van der Waals surface area contributed by atoms with Crippen molar-refractivity contribution in [1.29, 1.82) is 0 Å². The summed E-state index contributed by atoms with van der Waals surface area (Å²) in [4.78, 5) is 17.1. The lowest BCUT2D eigenvalue weighted by Gasteiger charge is -2.25. The highest BCUT2D eigenvalue weighted by atomic mass is 32.1. The Labute approximate surface area is 134 Å². The molecule has 0 saturated heterocycles. The molecule has 2 aromatic rings. The molecule has 1 heterocycles. The zero-order valence-corrected chi connectivity index (χ0v) is 13.4. The number of hydrogen-bond acceptors (Lipinski definition) is 4. The van der Waals surface area contributed by atoms with Gasteiger partial charge in [-0.3, -0.25) is 4.79 Å². The van der Waals surface area contributed by atoms with Crippen molar-refractivity contribution in [1.82, 2.24) is 4.98 Å². The van der Waals surface area contributed by atoms with Crippen molar-refractivity contribution in [2.45, 2.75) is 50.5 Å². The maximum atomic E-state index is 12.4. The number of carbonyl (C=O) groups excluding carboxylic acids is 1. The Balaban J connectivity index is 1.49. The van der Waals surface area contributed by atoms with Crippen molar-refractivity contribution in [3.05, 3.63) is 23.2 Å². The minimum absolute atomic E-state index is 0.0583. The van der Waals surface area contributed by atoms with Gasteiger partial charge in [0.25, 0.3) is 0 Å². The summed E-state index contributed by atoms with van der Waals surface area (Å²) in [6.45, 7) is 0. The largest absolute Gasteiger partial charge is 0.328 e. The Kier molecular flexibility index (Phi) is 3.62. The number of fused-ring (bicyclic) bond motifs is 1. The van der Waals surface area contributed by atoms with Crippen molar-refractivity contribution in [2.24, 2.45) is 11.7 Å². The summed E-state index contributed by atoms with van der Waals surface area (Å²) in [5.74, 6) is 0.850. The number of thiazole rings is 1. The van der Waals surface area contributed by atoms with Gasteiger partial charge in [0.15, 0.2) is 0 Å². The van der Waals surface area contributed by atoms with Gasteiger partial charge in [-0.15, -0.1) is 11.3 Å². The van der Waals surface area contributed by atoms with Gasteiger partial charge in [0.05, 0.1) is 15.2 Å². The second-order valence-corrected chi connectivity index (χ2v) is 7.68. The SMILES string of the molecule is NC1CCCC(C(=O)Nc2ccc3nc(C4CC4)sc3c2)C1. The molecule has 4 rings (SSSR count). The fourth-order valence-electron chi connectivity index (χ4n) is 3.24. The van der Waals surface area contributed by atoms with Crippen LogP contribution in [0.2, 0.25) is 0 Å². The van der Waals surface area contributed by atoms with Gasteiger partial charge in [-0.2, -0.15) is 0 Å². The first-order valence-electron chi connectivity index (χ1n) is 8.16. The highest BCUT2D eigenvalue weighted by Crippen LogP contribution is 2.43. The van der Waals surface area contributed by atoms with Gasteiger partial charge in [0, 0.05) is 23.6 Å². The Morgan fingerprint density at radius 1 is 1.27 bits per heavy atom. The monoisotopic (exact) mass is 315 g/mol. The van der Waals surface area contributed by atoms with E-state index in [0.29, 0.717) is 5.92 Å². The predicted octanol–water partition coefficient (Wildman–Crippen LogP) is 3.63. The van der Waals surface area contributed by atoms with E-state index < -0.39 is 0 Å². The lowest BCUT2D eigenvalue weighted by molar-refractivity contribution is -0.120. The van der Waals surface area contributed by atoms with E-state index in [1.54, 1.807) is 11.3 Å². The summed E-state index contributed by atoms with van der Waals surface area (Å²) in [7, 11) is 0. The second-order valence-electron chi connectivity index (χ2n) is 6.62. The predicted molar refractivity (Wildman–Crippen MR) is 90.2 cm³/mol. The van der Waals surface area contributed by atoms with Crippen molar-refractivity contribution < 1.29 is 4.79 Å². The second kappa shape index (κ2) is 5.63. The summed E-state index contributed by atoms with van der Waals surface area (Å²) in [6.07, 6.45) is 6.39. The van der Waals surface area contributed by atoms with E-state index >= 15 is 0 Å². The molecule has 2 fully saturated rings. The van der Waals surface area contributed by atoms with Crippen LogP contribution in [-0.4, -0.2) is 16.9 Å². The van der Waals surface area contributed by atoms with Crippen LogP contribution in [0.5, 0.6) is 0 Å². The average molecular weight is 315 g/mol. The number of benzene rings is 1. The third-order valence-corrected chi connectivity index (χ3v) is 5.87. The van der Waals surface area contributed by atoms with E-state index in [1.807, 2.05) is 12.1 Å². The van der Waals surface area contributed by atoms with Crippen LogP contribution < -0.4 is 11.1 Å². The molecule has 0 aliphatic heterocycles. The summed E-state index contributed by atoms with van der Waals surface area (Å²) in [6, 6.07) is 6.20. The number of hydrogen-bond donors (Lipinski definition) is 2. The summed E-state index contributed by atoms with van der Waals surface area (Å²) >= 11 is 1.76. The van der Waals surface area contributed by atoms with Crippen LogP contribution >= 0.6 is 11.3 Å². The summed E-state index contributed by atoms with van der Waals surface area (Å²) in [5, 5.41) is 4.31. The highest BCUT2D eigenvalue weighted by molar-refractivity contribution is 7.18. The van der Waals surface area contributed by atoms with Gasteiger partial charge < -0.3 is 11.1 Å². The third kappa shape index (κ3) is 2.88. The molecule has 116 valence electrons. The highest BCUT2D eigenvalue weighted by Gasteiger charge is 2.27. The molecule has 1 amide bonds. The molecule has 0 spiro atoms. The third-order valence-electron chi connectivity index (χ3n) is 4.68. The first-order chi connectivity index (χ1) is 10.7. The van der Waals surface area contributed by atoms with E-state index in [4.69, 9.17) is 5.73 Å². The Bertz CT molecular complexity index is 707. The van der Waals surface area contributed by atoms with E-state index in [-0.39, 0.29) is 17.9 Å². The molecule has 3 N–H and O–H groups in total. The fraction of sp³-hybridized carbons (Fsp3) is 0.529. The first kappa shape index (κ1) is 14.2. The molecule has 2 atom stereocenters. The number of rotatable bonds is 3. The summed E-state index contributed by atoms with van der Waals surface area (Å²) < 4.78 is 1.17. The van der Waals surface area contributed by atoms with Crippen molar-refractivity contribution in [3.8, 4) is 0 Å². The van der Waals surface area contributed by atoms with Crippen molar-refractivity contribution in [2.75, 3.05) is 5.32 Å². The standard InChI is InChI=1S/C17H21N3OS/c18-12-3-1-2-11(8-12)16(21)19-13-6-7-14-15(9-13)22-17(20-14)10-4-5-10/h6-7,9-12H,1-5,8,18H2,(H,19,21). The molecular weight excluding hydrogens is 294 g/mol. The zero-order valence-electron chi connectivity index (χ0n) is 12.5. The smallest absolute Gasteiger partial charge is 0.227 e. The normalized spacial score (nSPS) is 25.3. The topological polar surface area (TPSA) is 68.0 Å². The molecule has 0 bridgehead atoms. The molecule has 1 aromatic carbocycles. The average Bonchev–Trinajstić information content (AvgIpc) is 3.27. The fourth-order valence-corrected chi connectivity index (χ4v) is 4.41. The van der Waals surface area contributed by atoms with Crippen molar-refractivity contribution >= 4 is 33.1 Å². The summed E-state index contributed by atoms with van der Waals surface area (Å²) in [5.41, 5.74) is 7.90. The minimum atomic E-state index is 0.0583. The number of anilines is 1. The molecule has 22 heavy (non-hydrogen) atoms. The molecule has 2 aliphatic rings. The molecule has 4 nitrogen and oxygen atoms in total. The van der Waals surface area contributed by atoms with Crippen LogP contribution in [0.25, 0.3) is 10.2 Å². The maximum Gasteiger partial charge on any atom is 0.227 e. The molecular formula is C17H21N3OS. The molecule has 1 aromatic heterocycles. The van der Waals surface area contributed by atoms with Gasteiger partial charge in [-0.1, -0.05) is 6.42 Å². The molecule has 2 unspecified atom stereocenters. The number of nitrogens with two attached hydrogens (primary N) is 1. The number of carbonyl (C=O) groups is 1. The van der Waals surface area contributed by atoms with Gasteiger partial charge in [-0.05, 0) is 50.3 Å². The Morgan fingerprint density at radius 3 is 2.91 bits per heavy atom. The van der Waals surface area contributed by atoms with E-state index in [2.05, 4.69) is 16.4 Å². The lowest BCUT2D eigenvalue weighted by atomic mass is 9.85. The van der Waals surface area contributed by atoms with Crippen LogP contribution in [0.15, 0.2) is 18.2 Å². The van der Waals surface area contributed by atoms with Gasteiger partial charge in [-0.25, -0.2) is 4.98 Å². The van der Waals surface area contributed by atoms with Gasteiger partial charge >= 0.3 is 0 Å². The number of nitrogens with zero attached hydrogens (tertiary/aromatic N) is 1. The van der Waals surface area contributed by atoms with Crippen LogP contribution in [-0.2, 0) is 4.79 Å². The van der Waals surface area contributed by atoms with Crippen LogP contribution in [0.3, 0.4) is 0 Å². The van der Waals surface area contributed by atoms with Gasteiger partial charge in [0.1, 0.15) is 0 Å². The number of nitrogens with one attached hydrogen (secondary N) is 1. The van der Waals surface area contributed by atoms with Crippen LogP contribution in [0, 0.1) is 5.92 Å². The van der Waals surface area contributed by atoms with E-state index in [0.717, 1.165) is 36.9 Å². The Hall–Kier alpha value is -1.46. The quantitative estimate of drug-likeness (QED) is 0.909. The number of aromatic nitrogens is 1. The van der Waals surface area contributed by atoms with Crippen LogP contribution in [0.4, 0.5) is 5.69 Å². The van der Waals surface area contributed by atoms with Gasteiger partial charge in [0.2, 0.25) is 5.91 Å². The molecule has 5 heteroatoms. The van der Waals surface area contributed by atoms with E-state index in [9.17, 15) is 4.79 Å². The first-order valence-corrected chi connectivity index (χ1v) is 8.97. The molecule has 0 radical (unpaired) electrons. The molecule has 2 saturated carbocycles. The molecule has 2 aliphatic carbocycles. The van der Waals surface area contributed by atoms with Crippen molar-refractivity contribution in [3.63, 3.8) is 0 Å². The van der Waals surface area contributed by atoms with E-state index in [1.165, 1.54) is 22.5 Å². The lowest BCUT2D eigenvalue weighted by Crippen LogP contribution is -2.34. The maximum absolute atomic E-state index is 12.4. The Morgan fingerprint density at radius 2 is 2.14 bits per heavy atom. The minimum Gasteiger partial charge on any atom is -0.328 e. The number of amides is 1. The zero-order chi connectivity index (χ0) is 15.1. The van der Waals surface area contributed by atoms with Crippen LogP contribution in [0.1, 0.15) is 49.5 Å².